The summed E-state index contributed by atoms with van der Waals surface area (Å²) in [5, 5.41) is 0. The number of pyridine rings is 1. The highest BCUT2D eigenvalue weighted by atomic mass is 19.1. The Morgan fingerprint density at radius 2 is 2.40 bits per heavy atom. The van der Waals surface area contributed by atoms with E-state index in [1.807, 2.05) is 6.92 Å². The number of carbonyl (C=O) groups excluding carboxylic acids is 1. The second-order valence-electron chi connectivity index (χ2n) is 3.49. The molecule has 0 aliphatic heterocycles. The average molecular weight is 210 g/mol. The van der Waals surface area contributed by atoms with Gasteiger partial charge in [-0.3, -0.25) is 9.78 Å². The third-order valence-electron chi connectivity index (χ3n) is 2.46. The van der Waals surface area contributed by atoms with Crippen LogP contribution in [0.3, 0.4) is 0 Å². The van der Waals surface area contributed by atoms with Crippen LogP contribution in [-0.4, -0.2) is 17.3 Å². The van der Waals surface area contributed by atoms with Crippen LogP contribution in [0.15, 0.2) is 18.5 Å². The number of nitrogens with two attached hydrogens (primary N) is 1. The first-order chi connectivity index (χ1) is 7.19. The third-order valence-corrected chi connectivity index (χ3v) is 2.46. The molecule has 0 bridgehead atoms. The van der Waals surface area contributed by atoms with Gasteiger partial charge in [0.05, 0.1) is 11.8 Å². The lowest BCUT2D eigenvalue weighted by Gasteiger charge is -2.10. The molecule has 1 rings (SSSR count). The van der Waals surface area contributed by atoms with E-state index in [9.17, 15) is 9.18 Å². The van der Waals surface area contributed by atoms with E-state index in [0.29, 0.717) is 13.0 Å². The Morgan fingerprint density at radius 3 is 2.93 bits per heavy atom. The molecular formula is C11H15FN2O. The highest BCUT2D eigenvalue weighted by molar-refractivity contribution is 5.96. The highest BCUT2D eigenvalue weighted by Crippen LogP contribution is 2.13. The van der Waals surface area contributed by atoms with Gasteiger partial charge in [-0.05, 0) is 18.5 Å². The van der Waals surface area contributed by atoms with E-state index in [2.05, 4.69) is 4.98 Å². The van der Waals surface area contributed by atoms with Gasteiger partial charge >= 0.3 is 0 Å². The number of nitrogens with zero attached hydrogens (tertiary/aromatic N) is 1. The number of rotatable bonds is 5. The zero-order valence-corrected chi connectivity index (χ0v) is 8.74. The molecule has 15 heavy (non-hydrogen) atoms. The lowest BCUT2D eigenvalue weighted by atomic mass is 9.96. The summed E-state index contributed by atoms with van der Waals surface area (Å²) in [4.78, 5) is 15.3. The number of Topliss-reactive ketones (excluding diaryl/α,β-unsaturated/α-hetero) is 1. The molecule has 0 radical (unpaired) electrons. The van der Waals surface area contributed by atoms with Gasteiger partial charge < -0.3 is 5.73 Å². The second-order valence-corrected chi connectivity index (χ2v) is 3.49. The fraction of sp³-hybridized carbons (Fsp3) is 0.455. The molecule has 0 aliphatic rings. The van der Waals surface area contributed by atoms with Crippen molar-refractivity contribution in [2.75, 3.05) is 6.54 Å². The smallest absolute Gasteiger partial charge is 0.166 e. The van der Waals surface area contributed by atoms with Crippen LogP contribution in [0.1, 0.15) is 30.1 Å². The molecule has 0 fully saturated rings. The molecule has 0 amide bonds. The van der Waals surface area contributed by atoms with Gasteiger partial charge in [-0.15, -0.1) is 0 Å². The monoisotopic (exact) mass is 210 g/mol. The Hall–Kier alpha value is -1.29. The van der Waals surface area contributed by atoms with E-state index >= 15 is 0 Å². The van der Waals surface area contributed by atoms with Crippen molar-refractivity contribution < 1.29 is 9.18 Å². The molecule has 0 saturated carbocycles. The van der Waals surface area contributed by atoms with Gasteiger partial charge in [0.1, 0.15) is 0 Å². The summed E-state index contributed by atoms with van der Waals surface area (Å²) in [5.74, 6) is -0.633. The van der Waals surface area contributed by atoms with Gasteiger partial charge in [0.25, 0.3) is 0 Å². The normalized spacial score (nSPS) is 12.5. The summed E-state index contributed by atoms with van der Waals surface area (Å²) in [6.45, 7) is 2.42. The van der Waals surface area contributed by atoms with E-state index in [1.165, 1.54) is 12.3 Å². The molecule has 0 aromatic carbocycles. The topological polar surface area (TPSA) is 56.0 Å². The fourth-order valence-electron chi connectivity index (χ4n) is 1.37. The van der Waals surface area contributed by atoms with E-state index < -0.39 is 5.82 Å². The van der Waals surface area contributed by atoms with Crippen LogP contribution in [0.4, 0.5) is 4.39 Å². The minimum atomic E-state index is -0.561. The molecule has 2 N–H and O–H groups in total. The molecule has 1 heterocycles. The largest absolute Gasteiger partial charge is 0.330 e. The Labute approximate surface area is 88.5 Å². The van der Waals surface area contributed by atoms with Gasteiger partial charge in [-0.25, -0.2) is 4.39 Å². The van der Waals surface area contributed by atoms with E-state index in [-0.39, 0.29) is 17.3 Å². The van der Waals surface area contributed by atoms with Crippen LogP contribution in [0, 0.1) is 11.7 Å². The third kappa shape index (κ3) is 3.09. The molecule has 1 unspecified atom stereocenters. The summed E-state index contributed by atoms with van der Waals surface area (Å²) < 4.78 is 13.2. The second kappa shape index (κ2) is 5.56. The Morgan fingerprint density at radius 1 is 1.67 bits per heavy atom. The number of carbonyl (C=O) groups is 1. The van der Waals surface area contributed by atoms with Crippen molar-refractivity contribution in [1.82, 2.24) is 4.98 Å². The standard InChI is InChI=1S/C11H15FN2O/c1-2-8(6-13)5-11(15)9-3-4-14-7-10(9)12/h3-4,7-8H,2,5-6,13H2,1H3. The maximum atomic E-state index is 13.2. The predicted octanol–water partition coefficient (Wildman–Crippen LogP) is 1.78. The summed E-state index contributed by atoms with van der Waals surface area (Å²) in [6, 6.07) is 1.40. The minimum absolute atomic E-state index is 0.108. The zero-order chi connectivity index (χ0) is 11.3. The lowest BCUT2D eigenvalue weighted by molar-refractivity contribution is 0.0957. The molecule has 0 spiro atoms. The predicted molar refractivity (Wildman–Crippen MR) is 56.0 cm³/mol. The number of ketones is 1. The maximum Gasteiger partial charge on any atom is 0.166 e. The molecule has 1 atom stereocenters. The van der Waals surface area contributed by atoms with Gasteiger partial charge in [0.15, 0.2) is 11.6 Å². The first-order valence-electron chi connectivity index (χ1n) is 5.01. The number of aromatic nitrogens is 1. The molecule has 1 aromatic rings. The van der Waals surface area contributed by atoms with E-state index in [4.69, 9.17) is 5.73 Å². The lowest BCUT2D eigenvalue weighted by Crippen LogP contribution is -2.18. The van der Waals surface area contributed by atoms with Gasteiger partial charge in [-0.2, -0.15) is 0 Å². The SMILES string of the molecule is CCC(CN)CC(=O)c1ccncc1F. The molecule has 1 aromatic heterocycles. The van der Waals surface area contributed by atoms with Crippen LogP contribution < -0.4 is 5.73 Å². The summed E-state index contributed by atoms with van der Waals surface area (Å²) in [7, 11) is 0. The van der Waals surface area contributed by atoms with Crippen LogP contribution in [-0.2, 0) is 0 Å². The number of hydrogen-bond acceptors (Lipinski definition) is 3. The van der Waals surface area contributed by atoms with E-state index in [1.54, 1.807) is 0 Å². The van der Waals surface area contributed by atoms with Gasteiger partial charge in [-0.1, -0.05) is 13.3 Å². The summed E-state index contributed by atoms with van der Waals surface area (Å²) in [5.41, 5.74) is 5.60. The Bertz CT molecular complexity index is 337. The van der Waals surface area contributed by atoms with Crippen LogP contribution in [0.25, 0.3) is 0 Å². The van der Waals surface area contributed by atoms with Gasteiger partial charge in [0, 0.05) is 12.6 Å². The summed E-state index contributed by atoms with van der Waals surface area (Å²) in [6.07, 6.45) is 3.60. The first-order valence-corrected chi connectivity index (χ1v) is 5.01. The van der Waals surface area contributed by atoms with Crippen LogP contribution in [0.5, 0.6) is 0 Å². The molecule has 4 heteroatoms. The maximum absolute atomic E-state index is 13.2. The minimum Gasteiger partial charge on any atom is -0.330 e. The number of hydrogen-bond donors (Lipinski definition) is 1. The van der Waals surface area contributed by atoms with Crippen molar-refractivity contribution in [3.05, 3.63) is 29.8 Å². The molecule has 3 nitrogen and oxygen atoms in total. The molecule has 0 saturated heterocycles. The van der Waals surface area contributed by atoms with Crippen molar-refractivity contribution in [3.8, 4) is 0 Å². The van der Waals surface area contributed by atoms with E-state index in [0.717, 1.165) is 12.6 Å². The quantitative estimate of drug-likeness (QED) is 0.753. The van der Waals surface area contributed by atoms with Crippen molar-refractivity contribution in [3.63, 3.8) is 0 Å². The average Bonchev–Trinajstić information content (AvgIpc) is 2.26. The van der Waals surface area contributed by atoms with Gasteiger partial charge in [0.2, 0.25) is 0 Å². The summed E-state index contributed by atoms with van der Waals surface area (Å²) >= 11 is 0. The van der Waals surface area contributed by atoms with Crippen molar-refractivity contribution in [1.29, 1.82) is 0 Å². The zero-order valence-electron chi connectivity index (χ0n) is 8.74. The molecular weight excluding hydrogens is 195 g/mol. The van der Waals surface area contributed by atoms with Crippen LogP contribution >= 0.6 is 0 Å². The van der Waals surface area contributed by atoms with Crippen molar-refractivity contribution in [2.24, 2.45) is 11.7 Å². The van der Waals surface area contributed by atoms with Crippen molar-refractivity contribution in [2.45, 2.75) is 19.8 Å². The molecule has 82 valence electrons. The van der Waals surface area contributed by atoms with Crippen LogP contribution in [0.2, 0.25) is 0 Å². The Balaban J connectivity index is 2.73. The highest BCUT2D eigenvalue weighted by Gasteiger charge is 2.15. The Kier molecular flexibility index (Phi) is 4.37. The fourth-order valence-corrected chi connectivity index (χ4v) is 1.37. The van der Waals surface area contributed by atoms with Crippen molar-refractivity contribution >= 4 is 5.78 Å². The first kappa shape index (κ1) is 11.8. The molecule has 0 aliphatic carbocycles. The number of halogens is 1.